The molecule has 0 aromatic heterocycles. The second-order valence-electron chi connectivity index (χ2n) is 12.4. The molecular formula is C31H44N2O5S. The first-order chi connectivity index (χ1) is 18.4. The average molecular weight is 557 g/mol. The summed E-state index contributed by atoms with van der Waals surface area (Å²) in [4.78, 5) is 17.3. The lowest BCUT2D eigenvalue weighted by molar-refractivity contribution is -0.128. The van der Waals surface area contributed by atoms with E-state index in [1.165, 1.54) is 16.7 Å². The van der Waals surface area contributed by atoms with E-state index in [4.69, 9.17) is 18.9 Å². The molecule has 1 atom stereocenters. The molecule has 0 N–H and O–H groups in total. The number of hydrogen-bond acceptors (Lipinski definition) is 7. The van der Waals surface area contributed by atoms with Crippen LogP contribution in [0.15, 0.2) is 30.3 Å². The first kappa shape index (κ1) is 29.4. The Morgan fingerprint density at radius 1 is 1.00 bits per heavy atom. The van der Waals surface area contributed by atoms with Crippen LogP contribution in [0.2, 0.25) is 0 Å². The molecule has 4 rings (SSSR count). The minimum Gasteiger partial charge on any atom is -0.496 e. The summed E-state index contributed by atoms with van der Waals surface area (Å²) in [7, 11) is 3.85. The number of ether oxygens (including phenoxy) is 4. The van der Waals surface area contributed by atoms with E-state index < -0.39 is 0 Å². The van der Waals surface area contributed by atoms with Crippen LogP contribution in [0, 0.1) is 0 Å². The van der Waals surface area contributed by atoms with Gasteiger partial charge in [0.1, 0.15) is 23.5 Å². The van der Waals surface area contributed by atoms with Crippen molar-refractivity contribution in [3.8, 4) is 23.0 Å². The van der Waals surface area contributed by atoms with E-state index in [-0.39, 0.29) is 28.9 Å². The Labute approximate surface area is 238 Å². The molecule has 8 heteroatoms. The van der Waals surface area contributed by atoms with Gasteiger partial charge in [0.15, 0.2) is 11.5 Å². The van der Waals surface area contributed by atoms with Crippen LogP contribution in [0.25, 0.3) is 0 Å². The smallest absolute Gasteiger partial charge is 0.233 e. The van der Waals surface area contributed by atoms with Crippen molar-refractivity contribution in [3.05, 3.63) is 47.0 Å². The molecule has 2 heterocycles. The molecule has 2 aromatic rings. The Morgan fingerprint density at radius 2 is 1.67 bits per heavy atom. The molecule has 0 spiro atoms. The van der Waals surface area contributed by atoms with Gasteiger partial charge in [-0.3, -0.25) is 4.79 Å². The fourth-order valence-electron chi connectivity index (χ4n) is 5.01. The molecule has 0 saturated carbocycles. The van der Waals surface area contributed by atoms with Gasteiger partial charge in [-0.25, -0.2) is 0 Å². The largest absolute Gasteiger partial charge is 0.496 e. The second kappa shape index (κ2) is 11.9. The summed E-state index contributed by atoms with van der Waals surface area (Å²) in [6, 6.07) is 10.2. The van der Waals surface area contributed by atoms with E-state index in [0.717, 1.165) is 49.1 Å². The monoisotopic (exact) mass is 556 g/mol. The third-order valence-corrected chi connectivity index (χ3v) is 8.47. The van der Waals surface area contributed by atoms with Gasteiger partial charge in [-0.15, -0.1) is 11.8 Å². The van der Waals surface area contributed by atoms with Crippen molar-refractivity contribution >= 4 is 17.7 Å². The number of carbonyl (C=O) groups excluding carboxylic acids is 1. The number of fused-ring (bicyclic) bond motifs is 1. The predicted octanol–water partition coefficient (Wildman–Crippen LogP) is 5.99. The number of rotatable bonds is 10. The summed E-state index contributed by atoms with van der Waals surface area (Å²) in [5.41, 5.74) is 3.41. The number of hydrogen-bond donors (Lipinski definition) is 0. The maximum atomic E-state index is 13.0. The van der Waals surface area contributed by atoms with Crippen molar-refractivity contribution in [2.75, 3.05) is 52.9 Å². The van der Waals surface area contributed by atoms with E-state index in [2.05, 4.69) is 70.5 Å². The number of likely N-dealkylation sites (N-methyl/N-ethyl adjacent to an activating group) is 1. The lowest BCUT2D eigenvalue weighted by Gasteiger charge is -2.32. The normalized spacial score (nSPS) is 17.3. The standard InChI is InChI=1S/C31H44N2O5S/c1-30(2,3)23-16-21(17-24(28(23)35-8)31(4,5)6)29-33(27(34)19-39-29)13-9-12-32(7)14-15-36-22-10-11-25-26(18-22)38-20-37-25/h10-11,16-18,29H,9,12-15,19-20H2,1-8H3. The Kier molecular flexibility index (Phi) is 8.96. The highest BCUT2D eigenvalue weighted by Crippen LogP contribution is 2.46. The molecule has 1 unspecified atom stereocenters. The van der Waals surface area contributed by atoms with Crippen LogP contribution in [-0.2, 0) is 15.6 Å². The van der Waals surface area contributed by atoms with Crippen LogP contribution >= 0.6 is 11.8 Å². The highest BCUT2D eigenvalue weighted by Gasteiger charge is 2.35. The molecule has 214 valence electrons. The summed E-state index contributed by atoms with van der Waals surface area (Å²) >= 11 is 1.73. The maximum absolute atomic E-state index is 13.0. The Balaban J connectivity index is 1.37. The zero-order chi connectivity index (χ0) is 28.4. The van der Waals surface area contributed by atoms with Crippen molar-refractivity contribution in [2.45, 2.75) is 64.2 Å². The van der Waals surface area contributed by atoms with Gasteiger partial charge >= 0.3 is 0 Å². The van der Waals surface area contributed by atoms with Crippen LogP contribution in [0.1, 0.15) is 70.0 Å². The minimum atomic E-state index is -0.0785. The topological polar surface area (TPSA) is 60.5 Å². The van der Waals surface area contributed by atoms with Gasteiger partial charge in [-0.05, 0) is 60.7 Å². The molecule has 2 aliphatic rings. The van der Waals surface area contributed by atoms with Crippen molar-refractivity contribution in [3.63, 3.8) is 0 Å². The minimum absolute atomic E-state index is 0.0188. The zero-order valence-corrected chi connectivity index (χ0v) is 25.6. The van der Waals surface area contributed by atoms with Gasteiger partial charge in [0.05, 0.1) is 12.9 Å². The SMILES string of the molecule is COc1c(C(C)(C)C)cc(C2SCC(=O)N2CCCN(C)CCOc2ccc3c(c2)OCO3)cc1C(C)(C)C. The maximum Gasteiger partial charge on any atom is 0.233 e. The van der Waals surface area contributed by atoms with Gasteiger partial charge in [-0.2, -0.15) is 0 Å². The van der Waals surface area contributed by atoms with E-state index in [9.17, 15) is 4.79 Å². The van der Waals surface area contributed by atoms with Crippen LogP contribution in [0.5, 0.6) is 23.0 Å². The fourth-order valence-corrected chi connectivity index (χ4v) is 6.21. The molecule has 0 bridgehead atoms. The van der Waals surface area contributed by atoms with Crippen LogP contribution in [-0.4, -0.2) is 68.7 Å². The van der Waals surface area contributed by atoms with Crippen molar-refractivity contribution < 1.29 is 23.7 Å². The van der Waals surface area contributed by atoms with Gasteiger partial charge in [0, 0.05) is 30.3 Å². The summed E-state index contributed by atoms with van der Waals surface area (Å²) in [5.74, 6) is 3.95. The lowest BCUT2D eigenvalue weighted by atomic mass is 9.78. The molecule has 1 amide bonds. The fraction of sp³-hybridized carbons (Fsp3) is 0.581. The van der Waals surface area contributed by atoms with Gasteiger partial charge in [-0.1, -0.05) is 41.5 Å². The highest BCUT2D eigenvalue weighted by molar-refractivity contribution is 8.00. The summed E-state index contributed by atoms with van der Waals surface area (Å²) in [5, 5.41) is 0.0188. The highest BCUT2D eigenvalue weighted by atomic mass is 32.2. The molecule has 2 aliphatic heterocycles. The molecule has 39 heavy (non-hydrogen) atoms. The zero-order valence-electron chi connectivity index (χ0n) is 24.8. The molecule has 1 saturated heterocycles. The number of nitrogens with zero attached hydrogens (tertiary/aromatic N) is 2. The van der Waals surface area contributed by atoms with Crippen molar-refractivity contribution in [1.82, 2.24) is 9.80 Å². The van der Waals surface area contributed by atoms with Gasteiger partial charge in [0.25, 0.3) is 0 Å². The predicted molar refractivity (Wildman–Crippen MR) is 157 cm³/mol. The molecule has 1 fully saturated rings. The van der Waals surface area contributed by atoms with Gasteiger partial charge in [0.2, 0.25) is 12.7 Å². The third kappa shape index (κ3) is 6.95. The van der Waals surface area contributed by atoms with E-state index in [1.54, 1.807) is 18.9 Å². The number of methoxy groups -OCH3 is 1. The molecule has 7 nitrogen and oxygen atoms in total. The summed E-state index contributed by atoms with van der Waals surface area (Å²) in [6.07, 6.45) is 0.901. The number of amides is 1. The van der Waals surface area contributed by atoms with E-state index in [1.807, 2.05) is 18.2 Å². The quantitative estimate of drug-likeness (QED) is 0.356. The van der Waals surface area contributed by atoms with Crippen LogP contribution in [0.4, 0.5) is 0 Å². The summed E-state index contributed by atoms with van der Waals surface area (Å²) in [6.45, 7) is 16.6. The van der Waals surface area contributed by atoms with Crippen molar-refractivity contribution in [1.29, 1.82) is 0 Å². The Hall–Kier alpha value is -2.58. The second-order valence-corrected chi connectivity index (χ2v) is 13.5. The van der Waals surface area contributed by atoms with Crippen LogP contribution in [0.3, 0.4) is 0 Å². The number of thioether (sulfide) groups is 1. The molecule has 2 aromatic carbocycles. The Morgan fingerprint density at radius 3 is 2.31 bits per heavy atom. The Bertz CT molecular complexity index is 1140. The third-order valence-electron chi connectivity index (χ3n) is 7.21. The molecule has 0 radical (unpaired) electrons. The first-order valence-corrected chi connectivity index (χ1v) is 14.8. The summed E-state index contributed by atoms with van der Waals surface area (Å²) < 4.78 is 22.6. The van der Waals surface area contributed by atoms with E-state index >= 15 is 0 Å². The van der Waals surface area contributed by atoms with Crippen molar-refractivity contribution in [2.24, 2.45) is 0 Å². The lowest BCUT2D eigenvalue weighted by Crippen LogP contribution is -2.33. The number of benzene rings is 2. The van der Waals surface area contributed by atoms with E-state index in [0.29, 0.717) is 12.4 Å². The van der Waals surface area contributed by atoms with Crippen LogP contribution < -0.4 is 18.9 Å². The van der Waals surface area contributed by atoms with Gasteiger partial charge < -0.3 is 28.7 Å². The number of carbonyl (C=O) groups is 1. The first-order valence-electron chi connectivity index (χ1n) is 13.7. The molecule has 0 aliphatic carbocycles. The average Bonchev–Trinajstić information content (AvgIpc) is 3.48. The molecular weight excluding hydrogens is 512 g/mol.